The van der Waals surface area contributed by atoms with Gasteiger partial charge in [0.1, 0.15) is 5.82 Å². The van der Waals surface area contributed by atoms with E-state index in [2.05, 4.69) is 0 Å². The molecule has 0 aliphatic carbocycles. The molecule has 5 heteroatoms. The maximum absolute atomic E-state index is 13.5. The Morgan fingerprint density at radius 2 is 1.67 bits per heavy atom. The van der Waals surface area contributed by atoms with Crippen LogP contribution in [0.25, 0.3) is 11.1 Å². The van der Waals surface area contributed by atoms with Crippen molar-refractivity contribution in [2.45, 2.75) is 6.18 Å². The van der Waals surface area contributed by atoms with E-state index >= 15 is 0 Å². The van der Waals surface area contributed by atoms with Crippen LogP contribution in [0.15, 0.2) is 42.5 Å². The fraction of sp³-hybridized carbons (Fsp3) is 0.0769. The van der Waals surface area contributed by atoms with E-state index in [1.165, 1.54) is 24.3 Å². The Bertz CT molecular complexity index is 575. The van der Waals surface area contributed by atoms with Crippen LogP contribution in [0.2, 0.25) is 0 Å². The van der Waals surface area contributed by atoms with Crippen molar-refractivity contribution in [2.75, 3.05) is 5.73 Å². The highest BCUT2D eigenvalue weighted by atomic mass is 19.4. The van der Waals surface area contributed by atoms with E-state index in [4.69, 9.17) is 5.73 Å². The first kappa shape index (κ1) is 12.4. The van der Waals surface area contributed by atoms with Gasteiger partial charge in [-0.15, -0.1) is 0 Å². The molecule has 0 radical (unpaired) electrons. The Balaban J connectivity index is 2.55. The van der Waals surface area contributed by atoms with Gasteiger partial charge in [-0.3, -0.25) is 0 Å². The van der Waals surface area contributed by atoms with Crippen LogP contribution in [0.5, 0.6) is 0 Å². The smallest absolute Gasteiger partial charge is 0.399 e. The molecule has 18 heavy (non-hydrogen) atoms. The molecule has 0 amide bonds. The molecule has 0 bridgehead atoms. The fourth-order valence-electron chi connectivity index (χ4n) is 1.63. The molecule has 0 aromatic heterocycles. The number of nitrogens with two attached hydrogens (primary N) is 1. The zero-order valence-electron chi connectivity index (χ0n) is 9.13. The van der Waals surface area contributed by atoms with Crippen molar-refractivity contribution in [3.05, 3.63) is 53.8 Å². The number of hydrogen-bond acceptors (Lipinski definition) is 1. The van der Waals surface area contributed by atoms with Crippen molar-refractivity contribution >= 4 is 5.69 Å². The van der Waals surface area contributed by atoms with Crippen molar-refractivity contribution in [1.29, 1.82) is 0 Å². The second kappa shape index (κ2) is 4.33. The molecule has 2 aromatic carbocycles. The minimum absolute atomic E-state index is 0.0566. The lowest BCUT2D eigenvalue weighted by Gasteiger charge is -2.09. The van der Waals surface area contributed by atoms with Crippen molar-refractivity contribution in [3.63, 3.8) is 0 Å². The van der Waals surface area contributed by atoms with Gasteiger partial charge in [-0.05, 0) is 35.9 Å². The molecule has 0 spiro atoms. The number of hydrogen-bond donors (Lipinski definition) is 1. The number of halogens is 4. The third-order valence-corrected chi connectivity index (χ3v) is 2.49. The summed E-state index contributed by atoms with van der Waals surface area (Å²) in [6.07, 6.45) is -4.45. The number of rotatable bonds is 1. The van der Waals surface area contributed by atoms with Crippen molar-refractivity contribution < 1.29 is 17.6 Å². The van der Waals surface area contributed by atoms with Crippen LogP contribution in [0.1, 0.15) is 5.56 Å². The molecular weight excluding hydrogens is 246 g/mol. The molecule has 0 saturated carbocycles. The third-order valence-electron chi connectivity index (χ3n) is 2.49. The molecule has 0 aliphatic rings. The van der Waals surface area contributed by atoms with Gasteiger partial charge in [0.05, 0.1) is 5.56 Å². The molecule has 0 fully saturated rings. The predicted molar refractivity (Wildman–Crippen MR) is 61.3 cm³/mol. The lowest BCUT2D eigenvalue weighted by Crippen LogP contribution is -2.04. The summed E-state index contributed by atoms with van der Waals surface area (Å²) in [6, 6.07) is 8.28. The fourth-order valence-corrected chi connectivity index (χ4v) is 1.63. The van der Waals surface area contributed by atoms with Crippen LogP contribution in [-0.2, 0) is 6.18 Å². The molecule has 0 saturated heterocycles. The van der Waals surface area contributed by atoms with E-state index in [1.54, 1.807) is 0 Å². The van der Waals surface area contributed by atoms with Gasteiger partial charge in [0.25, 0.3) is 0 Å². The van der Waals surface area contributed by atoms with Crippen molar-refractivity contribution in [1.82, 2.24) is 0 Å². The highest BCUT2D eigenvalue weighted by molar-refractivity contribution is 5.68. The van der Waals surface area contributed by atoms with Gasteiger partial charge in [-0.2, -0.15) is 13.2 Å². The van der Waals surface area contributed by atoms with Gasteiger partial charge in [0, 0.05) is 11.3 Å². The Morgan fingerprint density at radius 3 is 2.33 bits per heavy atom. The standard InChI is InChI=1S/C13H9F4N/c14-12-5-4-10(18)7-11(12)8-2-1-3-9(6-8)13(15,16)17/h1-7H,18H2. The first-order valence-electron chi connectivity index (χ1n) is 5.10. The summed E-state index contributed by atoms with van der Waals surface area (Å²) in [4.78, 5) is 0. The molecule has 94 valence electrons. The molecule has 2 N–H and O–H groups in total. The zero-order valence-corrected chi connectivity index (χ0v) is 9.13. The summed E-state index contributed by atoms with van der Waals surface area (Å²) in [7, 11) is 0. The van der Waals surface area contributed by atoms with E-state index < -0.39 is 17.6 Å². The summed E-state index contributed by atoms with van der Waals surface area (Å²) in [5, 5.41) is 0. The van der Waals surface area contributed by atoms with Gasteiger partial charge in [0.15, 0.2) is 0 Å². The Hall–Kier alpha value is -2.04. The Kier molecular flexibility index (Phi) is 2.98. The predicted octanol–water partition coefficient (Wildman–Crippen LogP) is 4.09. The van der Waals surface area contributed by atoms with Gasteiger partial charge in [0.2, 0.25) is 0 Å². The summed E-state index contributed by atoms with van der Waals surface area (Å²) in [5.41, 5.74) is 5.18. The second-order valence-corrected chi connectivity index (χ2v) is 3.82. The monoisotopic (exact) mass is 255 g/mol. The van der Waals surface area contributed by atoms with Gasteiger partial charge in [-0.1, -0.05) is 12.1 Å². The van der Waals surface area contributed by atoms with E-state index in [9.17, 15) is 17.6 Å². The molecular formula is C13H9F4N. The van der Waals surface area contributed by atoms with Crippen molar-refractivity contribution in [2.24, 2.45) is 0 Å². The first-order chi connectivity index (χ1) is 8.38. The van der Waals surface area contributed by atoms with E-state index in [0.717, 1.165) is 18.2 Å². The number of nitrogen functional groups attached to an aromatic ring is 1. The highest BCUT2D eigenvalue weighted by Crippen LogP contribution is 2.33. The maximum atomic E-state index is 13.5. The van der Waals surface area contributed by atoms with Crippen LogP contribution in [-0.4, -0.2) is 0 Å². The quantitative estimate of drug-likeness (QED) is 0.602. The van der Waals surface area contributed by atoms with Crippen LogP contribution >= 0.6 is 0 Å². The normalized spacial score (nSPS) is 11.6. The SMILES string of the molecule is Nc1ccc(F)c(-c2cccc(C(F)(F)F)c2)c1. The lowest BCUT2D eigenvalue weighted by molar-refractivity contribution is -0.137. The maximum Gasteiger partial charge on any atom is 0.416 e. The zero-order chi connectivity index (χ0) is 13.3. The molecule has 2 aromatic rings. The average molecular weight is 255 g/mol. The van der Waals surface area contributed by atoms with Gasteiger partial charge < -0.3 is 5.73 Å². The largest absolute Gasteiger partial charge is 0.416 e. The van der Waals surface area contributed by atoms with Crippen LogP contribution in [0, 0.1) is 5.82 Å². The topological polar surface area (TPSA) is 26.0 Å². The second-order valence-electron chi connectivity index (χ2n) is 3.82. The van der Waals surface area contributed by atoms with E-state index in [-0.39, 0.29) is 11.1 Å². The molecule has 1 nitrogen and oxygen atoms in total. The molecule has 0 aliphatic heterocycles. The Labute approximate surface area is 101 Å². The van der Waals surface area contributed by atoms with Gasteiger partial charge >= 0.3 is 6.18 Å². The van der Waals surface area contributed by atoms with Crippen molar-refractivity contribution in [3.8, 4) is 11.1 Å². The van der Waals surface area contributed by atoms with E-state index in [1.807, 2.05) is 0 Å². The minimum atomic E-state index is -4.45. The molecule has 2 rings (SSSR count). The van der Waals surface area contributed by atoms with Gasteiger partial charge in [-0.25, -0.2) is 4.39 Å². The van der Waals surface area contributed by atoms with Crippen LogP contribution < -0.4 is 5.73 Å². The Morgan fingerprint density at radius 1 is 0.944 bits per heavy atom. The third kappa shape index (κ3) is 2.45. The number of alkyl halides is 3. The number of anilines is 1. The molecule has 0 atom stereocenters. The lowest BCUT2D eigenvalue weighted by atomic mass is 10.0. The summed E-state index contributed by atoms with van der Waals surface area (Å²) in [5.74, 6) is -0.608. The first-order valence-corrected chi connectivity index (χ1v) is 5.10. The van der Waals surface area contributed by atoms with Crippen LogP contribution in [0.3, 0.4) is 0 Å². The van der Waals surface area contributed by atoms with Crippen LogP contribution in [0.4, 0.5) is 23.2 Å². The number of benzene rings is 2. The van der Waals surface area contributed by atoms with E-state index in [0.29, 0.717) is 5.69 Å². The average Bonchev–Trinajstić information content (AvgIpc) is 2.31. The molecule has 0 unspecified atom stereocenters. The molecule has 0 heterocycles. The minimum Gasteiger partial charge on any atom is -0.399 e. The summed E-state index contributed by atoms with van der Waals surface area (Å²) < 4.78 is 51.2. The summed E-state index contributed by atoms with van der Waals surface area (Å²) in [6.45, 7) is 0. The highest BCUT2D eigenvalue weighted by Gasteiger charge is 2.30. The summed E-state index contributed by atoms with van der Waals surface area (Å²) >= 11 is 0.